The van der Waals surface area contributed by atoms with Gasteiger partial charge in [0.2, 0.25) is 5.91 Å². The van der Waals surface area contributed by atoms with Gasteiger partial charge in [-0.05, 0) is 11.6 Å². The third kappa shape index (κ3) is 2.85. The molecule has 0 radical (unpaired) electrons. The number of carbonyl (C=O) groups excluding carboxylic acids is 1. The van der Waals surface area contributed by atoms with E-state index >= 15 is 0 Å². The number of carboxylic acids is 1. The number of nitrogens with one attached hydrogen (secondary N) is 1. The maximum atomic E-state index is 12.7. The van der Waals surface area contributed by atoms with Gasteiger partial charge in [0.25, 0.3) is 0 Å². The molecule has 112 valence electrons. The van der Waals surface area contributed by atoms with Gasteiger partial charge >= 0.3 is 5.97 Å². The Morgan fingerprint density at radius 2 is 2.19 bits per heavy atom. The van der Waals surface area contributed by atoms with Crippen molar-refractivity contribution >= 4 is 17.6 Å². The molecule has 2 aliphatic rings. The largest absolute Gasteiger partial charge is 0.481 e. The highest BCUT2D eigenvalue weighted by Crippen LogP contribution is 2.27. The van der Waals surface area contributed by atoms with E-state index < -0.39 is 5.97 Å². The fraction of sp³-hybridized carbons (Fsp3) is 0.467. The number of morpholine rings is 1. The summed E-state index contributed by atoms with van der Waals surface area (Å²) in [6, 6.07) is 7.15. The number of rotatable bonds is 3. The van der Waals surface area contributed by atoms with Gasteiger partial charge in [0.1, 0.15) is 6.04 Å². The average molecular weight is 290 g/mol. The average Bonchev–Trinajstić information content (AvgIpc) is 2.90. The van der Waals surface area contributed by atoms with E-state index in [2.05, 4.69) is 5.32 Å². The summed E-state index contributed by atoms with van der Waals surface area (Å²) in [5.74, 6) is -0.952. The van der Waals surface area contributed by atoms with E-state index in [0.29, 0.717) is 19.6 Å². The summed E-state index contributed by atoms with van der Waals surface area (Å²) in [5, 5.41) is 12.2. The summed E-state index contributed by atoms with van der Waals surface area (Å²) < 4.78 is 5.31. The number of carboxylic acid groups (broad SMARTS) is 1. The smallest absolute Gasteiger partial charge is 0.305 e. The minimum absolute atomic E-state index is 0.0410. The van der Waals surface area contributed by atoms with Gasteiger partial charge < -0.3 is 20.1 Å². The number of anilines is 1. The Kier molecular flexibility index (Phi) is 3.79. The number of hydrogen-bond acceptors (Lipinski definition) is 4. The zero-order valence-corrected chi connectivity index (χ0v) is 11.6. The Hall–Kier alpha value is -2.08. The molecular weight excluding hydrogens is 272 g/mol. The fourth-order valence-corrected chi connectivity index (χ4v) is 2.96. The minimum atomic E-state index is -0.911. The highest BCUT2D eigenvalue weighted by Gasteiger charge is 2.35. The summed E-state index contributed by atoms with van der Waals surface area (Å²) in [6.07, 6.45) is 0.567. The normalized spacial score (nSPS) is 24.3. The molecule has 2 unspecified atom stereocenters. The summed E-state index contributed by atoms with van der Waals surface area (Å²) in [7, 11) is 0. The highest BCUT2D eigenvalue weighted by molar-refractivity contribution is 5.88. The molecule has 3 rings (SSSR count). The molecule has 2 heterocycles. The lowest BCUT2D eigenvalue weighted by Crippen LogP contribution is -2.53. The first-order chi connectivity index (χ1) is 10.1. The molecule has 0 bridgehead atoms. The maximum Gasteiger partial charge on any atom is 0.305 e. The van der Waals surface area contributed by atoms with Crippen LogP contribution in [0.5, 0.6) is 0 Å². The van der Waals surface area contributed by atoms with Crippen molar-refractivity contribution in [2.75, 3.05) is 25.1 Å². The van der Waals surface area contributed by atoms with E-state index in [1.807, 2.05) is 24.3 Å². The zero-order chi connectivity index (χ0) is 14.8. The molecule has 6 nitrogen and oxygen atoms in total. The Morgan fingerprint density at radius 3 is 2.95 bits per heavy atom. The maximum absolute atomic E-state index is 12.7. The number of para-hydroxylation sites is 1. The first-order valence-electron chi connectivity index (χ1n) is 7.09. The van der Waals surface area contributed by atoms with Crippen molar-refractivity contribution < 1.29 is 19.4 Å². The second-order valence-electron chi connectivity index (χ2n) is 5.42. The quantitative estimate of drug-likeness (QED) is 0.858. The Morgan fingerprint density at radius 1 is 1.38 bits per heavy atom. The van der Waals surface area contributed by atoms with Crippen LogP contribution in [0.15, 0.2) is 24.3 Å². The predicted octanol–water partition coefficient (Wildman–Crippen LogP) is 0.725. The second kappa shape index (κ2) is 5.73. The van der Waals surface area contributed by atoms with E-state index in [0.717, 1.165) is 11.3 Å². The van der Waals surface area contributed by atoms with Crippen LogP contribution < -0.4 is 5.32 Å². The van der Waals surface area contributed by atoms with E-state index in [4.69, 9.17) is 9.84 Å². The van der Waals surface area contributed by atoms with Gasteiger partial charge in [0, 0.05) is 18.7 Å². The van der Waals surface area contributed by atoms with Crippen molar-refractivity contribution in [3.05, 3.63) is 29.8 Å². The SMILES string of the molecule is O=C(O)CC1COCCN1C(=O)C1Cc2ccccc2N1. The van der Waals surface area contributed by atoms with Gasteiger partial charge in [-0.15, -0.1) is 0 Å². The van der Waals surface area contributed by atoms with Crippen molar-refractivity contribution in [2.45, 2.75) is 24.9 Å². The van der Waals surface area contributed by atoms with Gasteiger partial charge in [-0.3, -0.25) is 9.59 Å². The fourth-order valence-electron chi connectivity index (χ4n) is 2.96. The summed E-state index contributed by atoms with van der Waals surface area (Å²) >= 11 is 0. The molecule has 1 fully saturated rings. The molecule has 0 saturated carbocycles. The van der Waals surface area contributed by atoms with Crippen molar-refractivity contribution in [3.8, 4) is 0 Å². The molecule has 0 spiro atoms. The molecule has 1 aromatic rings. The first kappa shape index (κ1) is 13.9. The Bertz CT molecular complexity index is 535. The third-order valence-electron chi connectivity index (χ3n) is 3.99. The van der Waals surface area contributed by atoms with Gasteiger partial charge in [0.05, 0.1) is 25.7 Å². The van der Waals surface area contributed by atoms with E-state index in [1.165, 1.54) is 0 Å². The van der Waals surface area contributed by atoms with Gasteiger partial charge in [-0.1, -0.05) is 18.2 Å². The van der Waals surface area contributed by atoms with Crippen molar-refractivity contribution in [3.63, 3.8) is 0 Å². The number of benzene rings is 1. The number of ether oxygens (including phenoxy) is 1. The van der Waals surface area contributed by atoms with Gasteiger partial charge in [0.15, 0.2) is 0 Å². The lowest BCUT2D eigenvalue weighted by Gasteiger charge is -2.36. The predicted molar refractivity (Wildman–Crippen MR) is 76.1 cm³/mol. The molecule has 21 heavy (non-hydrogen) atoms. The van der Waals surface area contributed by atoms with Crippen LogP contribution in [0.25, 0.3) is 0 Å². The molecule has 0 aliphatic carbocycles. The van der Waals surface area contributed by atoms with Crippen LogP contribution in [0.4, 0.5) is 5.69 Å². The number of amides is 1. The van der Waals surface area contributed by atoms with Crippen LogP contribution in [0.1, 0.15) is 12.0 Å². The van der Waals surface area contributed by atoms with Crippen LogP contribution in [0.3, 0.4) is 0 Å². The molecular formula is C15H18N2O4. The number of fused-ring (bicyclic) bond motifs is 1. The van der Waals surface area contributed by atoms with Crippen LogP contribution in [-0.2, 0) is 20.7 Å². The van der Waals surface area contributed by atoms with Crippen molar-refractivity contribution in [1.82, 2.24) is 4.90 Å². The van der Waals surface area contributed by atoms with Crippen LogP contribution in [0, 0.1) is 0 Å². The van der Waals surface area contributed by atoms with Crippen LogP contribution in [-0.4, -0.2) is 53.7 Å². The third-order valence-corrected chi connectivity index (χ3v) is 3.99. The molecule has 1 saturated heterocycles. The molecule has 6 heteroatoms. The van der Waals surface area contributed by atoms with Crippen molar-refractivity contribution in [1.29, 1.82) is 0 Å². The molecule has 1 aromatic carbocycles. The molecule has 0 aromatic heterocycles. The number of carbonyl (C=O) groups is 2. The van der Waals surface area contributed by atoms with E-state index in [-0.39, 0.29) is 31.0 Å². The second-order valence-corrected chi connectivity index (χ2v) is 5.42. The van der Waals surface area contributed by atoms with Gasteiger partial charge in [-0.2, -0.15) is 0 Å². The standard InChI is InChI=1S/C15H18N2O4/c18-14(19)8-11-9-21-6-5-17(11)15(20)13-7-10-3-1-2-4-12(10)16-13/h1-4,11,13,16H,5-9H2,(H,18,19). The Labute approximate surface area is 122 Å². The Balaban J connectivity index is 1.71. The van der Waals surface area contributed by atoms with E-state index in [1.54, 1.807) is 4.90 Å². The lowest BCUT2D eigenvalue weighted by atomic mass is 10.1. The molecule has 2 N–H and O–H groups in total. The lowest BCUT2D eigenvalue weighted by molar-refractivity contribution is -0.146. The monoisotopic (exact) mass is 290 g/mol. The summed E-state index contributed by atoms with van der Waals surface area (Å²) in [5.41, 5.74) is 2.11. The number of aliphatic carboxylic acids is 1. The number of hydrogen-bond donors (Lipinski definition) is 2. The van der Waals surface area contributed by atoms with Crippen LogP contribution in [0.2, 0.25) is 0 Å². The van der Waals surface area contributed by atoms with Crippen LogP contribution >= 0.6 is 0 Å². The molecule has 2 atom stereocenters. The summed E-state index contributed by atoms with van der Waals surface area (Å²) in [4.78, 5) is 25.3. The zero-order valence-electron chi connectivity index (χ0n) is 11.6. The topological polar surface area (TPSA) is 78.9 Å². The van der Waals surface area contributed by atoms with E-state index in [9.17, 15) is 9.59 Å². The molecule has 1 amide bonds. The first-order valence-corrected chi connectivity index (χ1v) is 7.09. The minimum Gasteiger partial charge on any atom is -0.481 e. The van der Waals surface area contributed by atoms with Gasteiger partial charge in [-0.25, -0.2) is 0 Å². The molecule has 2 aliphatic heterocycles. The summed E-state index contributed by atoms with van der Waals surface area (Å²) in [6.45, 7) is 1.20. The van der Waals surface area contributed by atoms with Crippen molar-refractivity contribution in [2.24, 2.45) is 0 Å². The highest BCUT2D eigenvalue weighted by atomic mass is 16.5. The number of nitrogens with zero attached hydrogens (tertiary/aromatic N) is 1.